The average Bonchev–Trinajstić information content (AvgIpc) is 3.11. The van der Waals surface area contributed by atoms with Crippen molar-refractivity contribution < 1.29 is 13.2 Å². The molecule has 0 saturated carbocycles. The van der Waals surface area contributed by atoms with E-state index in [2.05, 4.69) is 23.5 Å². The van der Waals surface area contributed by atoms with E-state index < -0.39 is 16.1 Å². The zero-order valence-electron chi connectivity index (χ0n) is 17.8. The van der Waals surface area contributed by atoms with Crippen LogP contribution in [0.1, 0.15) is 54.1 Å². The SMILES string of the molecule is Cc1ccc(N([C@H](C)C(=O)N[C@@H](C)c2ccc3c(c2)CCC3)S(C)(=O)=O)cc1C. The van der Waals surface area contributed by atoms with Gasteiger partial charge < -0.3 is 5.32 Å². The molecule has 156 valence electrons. The Bertz CT molecular complexity index is 1030. The summed E-state index contributed by atoms with van der Waals surface area (Å²) in [6, 6.07) is 10.7. The first-order valence-electron chi connectivity index (χ1n) is 10.1. The predicted octanol–water partition coefficient (Wildman–Crippen LogP) is 3.82. The summed E-state index contributed by atoms with van der Waals surface area (Å²) in [5.41, 5.74) is 6.34. The lowest BCUT2D eigenvalue weighted by atomic mass is 10.0. The van der Waals surface area contributed by atoms with Crippen LogP contribution in [0, 0.1) is 13.8 Å². The minimum Gasteiger partial charge on any atom is -0.348 e. The number of hydrogen-bond acceptors (Lipinski definition) is 3. The molecule has 0 saturated heterocycles. The zero-order valence-corrected chi connectivity index (χ0v) is 18.6. The van der Waals surface area contributed by atoms with Crippen LogP contribution in [0.25, 0.3) is 0 Å². The average molecular weight is 415 g/mol. The number of amides is 1. The normalized spacial score (nSPS) is 15.5. The summed E-state index contributed by atoms with van der Waals surface area (Å²) in [6.45, 7) is 7.46. The molecule has 0 fully saturated rings. The molecule has 0 bridgehead atoms. The molecular weight excluding hydrogens is 384 g/mol. The van der Waals surface area contributed by atoms with Crippen LogP contribution >= 0.6 is 0 Å². The first kappa shape index (κ1) is 21.4. The van der Waals surface area contributed by atoms with Crippen molar-refractivity contribution in [2.45, 2.75) is 59.0 Å². The molecule has 6 heteroatoms. The summed E-state index contributed by atoms with van der Waals surface area (Å²) in [5.74, 6) is -0.318. The molecule has 1 aliphatic rings. The van der Waals surface area contributed by atoms with Crippen molar-refractivity contribution in [3.8, 4) is 0 Å². The maximum atomic E-state index is 13.0. The molecular formula is C23H30N2O3S. The Labute approximate surface area is 174 Å². The van der Waals surface area contributed by atoms with E-state index in [-0.39, 0.29) is 11.9 Å². The van der Waals surface area contributed by atoms with Gasteiger partial charge in [0.1, 0.15) is 6.04 Å². The first-order valence-corrected chi connectivity index (χ1v) is 11.9. The number of nitrogens with one attached hydrogen (secondary N) is 1. The molecule has 5 nitrogen and oxygen atoms in total. The highest BCUT2D eigenvalue weighted by molar-refractivity contribution is 7.92. The van der Waals surface area contributed by atoms with E-state index in [9.17, 15) is 13.2 Å². The molecule has 0 aromatic heterocycles. The zero-order chi connectivity index (χ0) is 21.3. The lowest BCUT2D eigenvalue weighted by Crippen LogP contribution is -2.48. The Morgan fingerprint density at radius 1 is 1.00 bits per heavy atom. The number of anilines is 1. The molecule has 1 aliphatic carbocycles. The Balaban J connectivity index is 1.81. The van der Waals surface area contributed by atoms with Gasteiger partial charge in [-0.2, -0.15) is 0 Å². The molecule has 2 aromatic rings. The van der Waals surface area contributed by atoms with Gasteiger partial charge in [-0.15, -0.1) is 0 Å². The standard InChI is InChI=1S/C23H30N2O3S/c1-15-9-12-22(13-16(15)2)25(29(5,27)28)18(4)23(26)24-17(3)20-11-10-19-7-6-8-21(19)14-20/h9-14,17-18H,6-8H2,1-5H3,(H,24,26)/t17-,18+/m0/s1. The molecule has 0 heterocycles. The molecule has 1 N–H and O–H groups in total. The Morgan fingerprint density at radius 2 is 1.69 bits per heavy atom. The molecule has 0 aliphatic heterocycles. The van der Waals surface area contributed by atoms with Crippen LogP contribution in [0.4, 0.5) is 5.69 Å². The largest absolute Gasteiger partial charge is 0.348 e. The smallest absolute Gasteiger partial charge is 0.244 e. The van der Waals surface area contributed by atoms with Crippen LogP contribution in [0.15, 0.2) is 36.4 Å². The second-order valence-corrected chi connectivity index (χ2v) is 9.97. The number of carbonyl (C=O) groups excluding carboxylic acids is 1. The van der Waals surface area contributed by atoms with E-state index in [0.717, 1.165) is 35.8 Å². The van der Waals surface area contributed by atoms with Crippen molar-refractivity contribution in [1.29, 1.82) is 0 Å². The van der Waals surface area contributed by atoms with E-state index >= 15 is 0 Å². The summed E-state index contributed by atoms with van der Waals surface area (Å²) in [5, 5.41) is 2.99. The van der Waals surface area contributed by atoms with Crippen LogP contribution in [0.3, 0.4) is 0 Å². The van der Waals surface area contributed by atoms with Gasteiger partial charge in [0.05, 0.1) is 18.0 Å². The number of rotatable bonds is 6. The van der Waals surface area contributed by atoms with Gasteiger partial charge in [-0.05, 0) is 86.9 Å². The minimum absolute atomic E-state index is 0.197. The number of carbonyl (C=O) groups is 1. The van der Waals surface area contributed by atoms with Gasteiger partial charge >= 0.3 is 0 Å². The van der Waals surface area contributed by atoms with Crippen molar-refractivity contribution in [3.05, 3.63) is 64.2 Å². The highest BCUT2D eigenvalue weighted by Gasteiger charge is 2.30. The maximum absolute atomic E-state index is 13.0. The molecule has 0 spiro atoms. The van der Waals surface area contributed by atoms with Crippen LogP contribution in [-0.4, -0.2) is 26.6 Å². The summed E-state index contributed by atoms with van der Waals surface area (Å²) < 4.78 is 26.2. The van der Waals surface area contributed by atoms with Gasteiger partial charge in [0.15, 0.2) is 0 Å². The minimum atomic E-state index is -3.63. The monoisotopic (exact) mass is 414 g/mol. The molecule has 2 atom stereocenters. The third-order valence-electron chi connectivity index (χ3n) is 5.81. The Morgan fingerprint density at radius 3 is 2.34 bits per heavy atom. The van der Waals surface area contributed by atoms with E-state index in [1.165, 1.54) is 21.9 Å². The molecule has 0 radical (unpaired) electrons. The summed E-state index contributed by atoms with van der Waals surface area (Å²) in [4.78, 5) is 13.0. The third kappa shape index (κ3) is 4.64. The first-order chi connectivity index (χ1) is 13.6. The van der Waals surface area contributed by atoms with Crippen LogP contribution in [-0.2, 0) is 27.7 Å². The fraction of sp³-hybridized carbons (Fsp3) is 0.435. The van der Waals surface area contributed by atoms with Crippen LogP contribution < -0.4 is 9.62 Å². The quantitative estimate of drug-likeness (QED) is 0.781. The van der Waals surface area contributed by atoms with Crippen molar-refractivity contribution in [2.24, 2.45) is 0 Å². The highest BCUT2D eigenvalue weighted by atomic mass is 32.2. The van der Waals surface area contributed by atoms with Gasteiger partial charge in [0, 0.05) is 0 Å². The van der Waals surface area contributed by atoms with Crippen molar-refractivity contribution in [2.75, 3.05) is 10.6 Å². The number of aryl methyl sites for hydroxylation is 4. The lowest BCUT2D eigenvalue weighted by Gasteiger charge is -2.29. The van der Waals surface area contributed by atoms with Gasteiger partial charge in [-0.1, -0.05) is 24.3 Å². The molecule has 3 rings (SSSR count). The third-order valence-corrected chi connectivity index (χ3v) is 7.06. The maximum Gasteiger partial charge on any atom is 0.244 e. The van der Waals surface area contributed by atoms with Crippen molar-refractivity contribution >= 4 is 21.6 Å². The van der Waals surface area contributed by atoms with Gasteiger partial charge in [-0.3, -0.25) is 9.10 Å². The highest BCUT2D eigenvalue weighted by Crippen LogP contribution is 2.27. The van der Waals surface area contributed by atoms with Crippen LogP contribution in [0.2, 0.25) is 0 Å². The number of sulfonamides is 1. The number of fused-ring (bicyclic) bond motifs is 1. The summed E-state index contributed by atoms with van der Waals surface area (Å²) in [7, 11) is -3.63. The Kier molecular flexibility index (Phi) is 6.03. The van der Waals surface area contributed by atoms with E-state index in [1.54, 1.807) is 13.0 Å². The Hall–Kier alpha value is -2.34. The topological polar surface area (TPSA) is 66.5 Å². The lowest BCUT2D eigenvalue weighted by molar-refractivity contribution is -0.122. The molecule has 0 unspecified atom stereocenters. The van der Waals surface area contributed by atoms with Crippen LogP contribution in [0.5, 0.6) is 0 Å². The summed E-state index contributed by atoms with van der Waals surface area (Å²) in [6.07, 6.45) is 4.51. The van der Waals surface area contributed by atoms with Crippen molar-refractivity contribution in [1.82, 2.24) is 5.32 Å². The fourth-order valence-corrected chi connectivity index (χ4v) is 5.12. The van der Waals surface area contributed by atoms with Gasteiger partial charge in [0.2, 0.25) is 15.9 Å². The molecule has 1 amide bonds. The number of nitrogens with zero attached hydrogens (tertiary/aromatic N) is 1. The second kappa shape index (κ2) is 8.19. The predicted molar refractivity (Wildman–Crippen MR) is 118 cm³/mol. The second-order valence-electron chi connectivity index (χ2n) is 8.12. The van der Waals surface area contributed by atoms with E-state index in [0.29, 0.717) is 5.69 Å². The van der Waals surface area contributed by atoms with E-state index in [1.807, 2.05) is 32.9 Å². The molecule has 2 aromatic carbocycles. The van der Waals surface area contributed by atoms with E-state index in [4.69, 9.17) is 0 Å². The summed E-state index contributed by atoms with van der Waals surface area (Å²) >= 11 is 0. The van der Waals surface area contributed by atoms with Gasteiger partial charge in [0.25, 0.3) is 0 Å². The van der Waals surface area contributed by atoms with Crippen molar-refractivity contribution in [3.63, 3.8) is 0 Å². The number of hydrogen-bond donors (Lipinski definition) is 1. The molecule has 29 heavy (non-hydrogen) atoms. The fourth-order valence-electron chi connectivity index (χ4n) is 3.95. The number of benzene rings is 2. The van der Waals surface area contributed by atoms with Gasteiger partial charge in [-0.25, -0.2) is 8.42 Å².